The lowest BCUT2D eigenvalue weighted by Crippen LogP contribution is -2.44. The molecular weight excluding hydrogens is 328 g/mol. The number of aromatic amines is 1. The lowest BCUT2D eigenvalue weighted by atomic mass is 10.0. The van der Waals surface area contributed by atoms with E-state index >= 15 is 0 Å². The largest absolute Gasteiger partial charge is 0.377 e. The summed E-state index contributed by atoms with van der Waals surface area (Å²) in [5.41, 5.74) is 8.40. The number of morpholine rings is 1. The molecule has 1 atom stereocenters. The van der Waals surface area contributed by atoms with E-state index in [2.05, 4.69) is 21.8 Å². The maximum atomic E-state index is 6.38. The number of nitrogens with zero attached hydrogens (tertiary/aromatic N) is 4. The zero-order chi connectivity index (χ0) is 18.3. The van der Waals surface area contributed by atoms with E-state index in [0.29, 0.717) is 19.0 Å². The van der Waals surface area contributed by atoms with Gasteiger partial charge in [0.2, 0.25) is 0 Å². The minimum absolute atomic E-state index is 0.255. The van der Waals surface area contributed by atoms with Crippen LogP contribution < -0.4 is 10.6 Å². The number of nitrogens with two attached hydrogens (primary N) is 1. The number of ether oxygens (including phenoxy) is 1. The third-order valence-corrected chi connectivity index (χ3v) is 4.74. The van der Waals surface area contributed by atoms with Crippen molar-refractivity contribution in [2.75, 3.05) is 24.7 Å². The summed E-state index contributed by atoms with van der Waals surface area (Å²) < 4.78 is 5.57. The average molecular weight is 352 g/mol. The molecule has 0 spiro atoms. The quantitative estimate of drug-likeness (QED) is 0.752. The maximum Gasteiger partial charge on any atom is 0.162 e. The Labute approximate surface area is 152 Å². The molecule has 3 aromatic rings. The first-order valence-corrected chi connectivity index (χ1v) is 8.89. The molecule has 3 aromatic heterocycles. The molecule has 7 nitrogen and oxygen atoms in total. The molecule has 0 bridgehead atoms. The Morgan fingerprint density at radius 2 is 2.15 bits per heavy atom. The highest BCUT2D eigenvalue weighted by atomic mass is 16.5. The summed E-state index contributed by atoms with van der Waals surface area (Å²) in [7, 11) is 0. The Balaban J connectivity index is 1.89. The fourth-order valence-corrected chi connectivity index (χ4v) is 3.26. The van der Waals surface area contributed by atoms with Crippen molar-refractivity contribution in [3.8, 4) is 11.4 Å². The van der Waals surface area contributed by atoms with Gasteiger partial charge in [0.1, 0.15) is 11.5 Å². The topological polar surface area (TPSA) is 93.0 Å². The Bertz CT molecular complexity index is 929. The van der Waals surface area contributed by atoms with Crippen LogP contribution in [0.4, 0.5) is 5.82 Å². The van der Waals surface area contributed by atoms with Crippen LogP contribution in [0.3, 0.4) is 0 Å². The molecule has 136 valence electrons. The van der Waals surface area contributed by atoms with Gasteiger partial charge >= 0.3 is 0 Å². The minimum Gasteiger partial charge on any atom is -0.377 e. The maximum absolute atomic E-state index is 6.38. The summed E-state index contributed by atoms with van der Waals surface area (Å²) in [6, 6.07) is 6.20. The van der Waals surface area contributed by atoms with Crippen molar-refractivity contribution in [2.24, 2.45) is 5.73 Å². The van der Waals surface area contributed by atoms with Gasteiger partial charge in [-0.25, -0.2) is 15.0 Å². The number of fused-ring (bicyclic) bond motifs is 1. The van der Waals surface area contributed by atoms with Crippen molar-refractivity contribution in [2.45, 2.75) is 32.4 Å². The number of rotatable bonds is 3. The predicted octanol–water partition coefficient (Wildman–Crippen LogP) is 2.44. The Hall–Kier alpha value is -2.51. The first kappa shape index (κ1) is 16.9. The third-order valence-electron chi connectivity index (χ3n) is 4.74. The molecule has 1 aliphatic rings. The minimum atomic E-state index is -0.563. The van der Waals surface area contributed by atoms with E-state index < -0.39 is 5.54 Å². The molecule has 26 heavy (non-hydrogen) atoms. The molecule has 4 heterocycles. The van der Waals surface area contributed by atoms with E-state index in [4.69, 9.17) is 20.4 Å². The molecule has 1 fully saturated rings. The SMILES string of the molecule is CC1COCCN1c1cc(C(C)(C)N)nc(-c2ccnc3[nH]ccc23)n1. The average Bonchev–Trinajstić information content (AvgIpc) is 3.09. The van der Waals surface area contributed by atoms with E-state index in [9.17, 15) is 0 Å². The lowest BCUT2D eigenvalue weighted by Gasteiger charge is -2.35. The Morgan fingerprint density at radius 1 is 1.31 bits per heavy atom. The number of hydrogen-bond acceptors (Lipinski definition) is 6. The highest BCUT2D eigenvalue weighted by Crippen LogP contribution is 2.29. The number of hydrogen-bond donors (Lipinski definition) is 2. The number of aromatic nitrogens is 4. The zero-order valence-corrected chi connectivity index (χ0v) is 15.4. The van der Waals surface area contributed by atoms with E-state index in [1.807, 2.05) is 38.2 Å². The van der Waals surface area contributed by atoms with Gasteiger partial charge in [0.25, 0.3) is 0 Å². The molecule has 0 aromatic carbocycles. The van der Waals surface area contributed by atoms with Gasteiger partial charge in [-0.15, -0.1) is 0 Å². The highest BCUT2D eigenvalue weighted by Gasteiger charge is 2.25. The van der Waals surface area contributed by atoms with Crippen LogP contribution >= 0.6 is 0 Å². The summed E-state index contributed by atoms with van der Waals surface area (Å²) in [6.45, 7) is 8.26. The van der Waals surface area contributed by atoms with Crippen molar-refractivity contribution in [1.29, 1.82) is 0 Å². The molecule has 0 aliphatic carbocycles. The van der Waals surface area contributed by atoms with Crippen LogP contribution in [-0.2, 0) is 10.3 Å². The normalized spacial score (nSPS) is 18.5. The monoisotopic (exact) mass is 352 g/mol. The van der Waals surface area contributed by atoms with E-state index in [-0.39, 0.29) is 6.04 Å². The van der Waals surface area contributed by atoms with Crippen molar-refractivity contribution in [3.05, 3.63) is 36.3 Å². The molecule has 0 radical (unpaired) electrons. The van der Waals surface area contributed by atoms with Crippen LogP contribution in [0.25, 0.3) is 22.4 Å². The van der Waals surface area contributed by atoms with Gasteiger partial charge in [-0.05, 0) is 32.9 Å². The summed E-state index contributed by atoms with van der Waals surface area (Å²) >= 11 is 0. The van der Waals surface area contributed by atoms with Gasteiger partial charge in [0, 0.05) is 36.0 Å². The number of nitrogens with one attached hydrogen (secondary N) is 1. The number of anilines is 1. The molecule has 0 saturated carbocycles. The van der Waals surface area contributed by atoms with Crippen molar-refractivity contribution in [1.82, 2.24) is 19.9 Å². The number of pyridine rings is 1. The second-order valence-electron chi connectivity index (χ2n) is 7.37. The molecule has 0 amide bonds. The van der Waals surface area contributed by atoms with Crippen molar-refractivity contribution in [3.63, 3.8) is 0 Å². The van der Waals surface area contributed by atoms with Crippen LogP contribution in [0.15, 0.2) is 30.6 Å². The molecular formula is C19H24N6O. The molecule has 3 N–H and O–H groups in total. The van der Waals surface area contributed by atoms with Crippen molar-refractivity contribution >= 4 is 16.9 Å². The van der Waals surface area contributed by atoms with Crippen LogP contribution in [0.1, 0.15) is 26.5 Å². The van der Waals surface area contributed by atoms with Gasteiger partial charge in [-0.3, -0.25) is 0 Å². The molecule has 4 rings (SSSR count). The fourth-order valence-electron chi connectivity index (χ4n) is 3.26. The van der Waals surface area contributed by atoms with E-state index in [1.54, 1.807) is 6.20 Å². The van der Waals surface area contributed by atoms with Crippen molar-refractivity contribution < 1.29 is 4.74 Å². The standard InChI is InChI=1S/C19H24N6O/c1-12-11-26-9-8-25(12)16-10-15(19(2,3)20)23-18(24-16)14-5-7-22-17-13(14)4-6-21-17/h4-7,10,12H,8-9,11,20H2,1-3H3,(H,21,22). The van der Waals surface area contributed by atoms with Gasteiger partial charge in [-0.2, -0.15) is 0 Å². The van der Waals surface area contributed by atoms with Crippen LogP contribution in [-0.4, -0.2) is 45.7 Å². The van der Waals surface area contributed by atoms with Crippen LogP contribution in [0.2, 0.25) is 0 Å². The highest BCUT2D eigenvalue weighted by molar-refractivity contribution is 5.91. The van der Waals surface area contributed by atoms with Gasteiger partial charge in [0.05, 0.1) is 30.5 Å². The molecule has 7 heteroatoms. The van der Waals surface area contributed by atoms with E-state index in [0.717, 1.165) is 34.7 Å². The van der Waals surface area contributed by atoms with E-state index in [1.165, 1.54) is 0 Å². The molecule has 1 saturated heterocycles. The molecule has 1 unspecified atom stereocenters. The smallest absolute Gasteiger partial charge is 0.162 e. The third kappa shape index (κ3) is 3.04. The Morgan fingerprint density at radius 3 is 2.92 bits per heavy atom. The zero-order valence-electron chi connectivity index (χ0n) is 15.4. The number of H-pyrrole nitrogens is 1. The van der Waals surface area contributed by atoms with Crippen LogP contribution in [0.5, 0.6) is 0 Å². The summed E-state index contributed by atoms with van der Waals surface area (Å²) in [6.07, 6.45) is 3.65. The molecule has 1 aliphatic heterocycles. The van der Waals surface area contributed by atoms with Crippen LogP contribution in [0, 0.1) is 0 Å². The first-order valence-electron chi connectivity index (χ1n) is 8.89. The van der Waals surface area contributed by atoms with Gasteiger partial charge in [0.15, 0.2) is 5.82 Å². The summed E-state index contributed by atoms with van der Waals surface area (Å²) in [4.78, 5) is 19.4. The second-order valence-corrected chi connectivity index (χ2v) is 7.37. The lowest BCUT2D eigenvalue weighted by molar-refractivity contribution is 0.0985. The summed E-state index contributed by atoms with van der Waals surface area (Å²) in [5.74, 6) is 1.56. The Kier molecular flexibility index (Phi) is 4.13. The first-order chi connectivity index (χ1) is 12.4. The van der Waals surface area contributed by atoms with Gasteiger partial charge in [-0.1, -0.05) is 0 Å². The van der Waals surface area contributed by atoms with Gasteiger partial charge < -0.3 is 20.4 Å². The predicted molar refractivity (Wildman–Crippen MR) is 102 cm³/mol. The summed E-state index contributed by atoms with van der Waals surface area (Å²) in [5, 5.41) is 1.00. The fraction of sp³-hybridized carbons (Fsp3) is 0.421. The second kappa shape index (κ2) is 6.34.